The summed E-state index contributed by atoms with van der Waals surface area (Å²) in [5.74, 6) is 0.912. The van der Waals surface area contributed by atoms with Crippen LogP contribution in [-0.4, -0.2) is 9.97 Å². The molecule has 2 nitrogen and oxygen atoms in total. The first-order valence-corrected chi connectivity index (χ1v) is 9.49. The SMILES string of the molecule is Cc1cc(C(C)(C)C)cc(C)c1CSc1nc2ccc(Cl)cc2[nH]1. The second-order valence-corrected chi connectivity index (χ2v) is 8.73. The number of nitrogens with one attached hydrogen (secondary N) is 1. The van der Waals surface area contributed by atoms with Gasteiger partial charge in [0.1, 0.15) is 0 Å². The molecule has 3 aromatic rings. The highest BCUT2D eigenvalue weighted by Crippen LogP contribution is 2.31. The Labute approximate surface area is 153 Å². The molecule has 0 unspecified atom stereocenters. The Hall–Kier alpha value is -1.45. The van der Waals surface area contributed by atoms with Crippen LogP contribution in [0, 0.1) is 13.8 Å². The van der Waals surface area contributed by atoms with Crippen LogP contribution in [0.5, 0.6) is 0 Å². The van der Waals surface area contributed by atoms with Crippen LogP contribution >= 0.6 is 23.4 Å². The summed E-state index contributed by atoms with van der Waals surface area (Å²) in [7, 11) is 0. The van der Waals surface area contributed by atoms with Crippen molar-refractivity contribution in [2.45, 2.75) is 50.9 Å². The quantitative estimate of drug-likeness (QED) is 0.547. The monoisotopic (exact) mass is 358 g/mol. The van der Waals surface area contributed by atoms with Gasteiger partial charge in [0.25, 0.3) is 0 Å². The third kappa shape index (κ3) is 3.62. The summed E-state index contributed by atoms with van der Waals surface area (Å²) in [5.41, 5.74) is 7.62. The van der Waals surface area contributed by atoms with E-state index in [-0.39, 0.29) is 5.41 Å². The van der Waals surface area contributed by atoms with Crippen molar-refractivity contribution in [3.05, 3.63) is 57.6 Å². The number of nitrogens with zero attached hydrogens (tertiary/aromatic N) is 1. The van der Waals surface area contributed by atoms with Gasteiger partial charge in [0.2, 0.25) is 0 Å². The second-order valence-electron chi connectivity index (χ2n) is 7.33. The average molecular weight is 359 g/mol. The minimum Gasteiger partial charge on any atom is -0.333 e. The zero-order valence-electron chi connectivity index (χ0n) is 14.8. The molecule has 0 aliphatic carbocycles. The molecule has 0 radical (unpaired) electrons. The number of thioether (sulfide) groups is 1. The van der Waals surface area contributed by atoms with E-state index in [1.807, 2.05) is 18.2 Å². The van der Waals surface area contributed by atoms with E-state index in [4.69, 9.17) is 11.6 Å². The molecule has 0 atom stereocenters. The van der Waals surface area contributed by atoms with E-state index in [2.05, 4.69) is 56.7 Å². The molecule has 0 aliphatic heterocycles. The zero-order valence-corrected chi connectivity index (χ0v) is 16.4. The van der Waals surface area contributed by atoms with Gasteiger partial charge in [-0.3, -0.25) is 0 Å². The van der Waals surface area contributed by atoms with Crippen molar-refractivity contribution < 1.29 is 0 Å². The minimum atomic E-state index is 0.180. The Morgan fingerprint density at radius 3 is 2.38 bits per heavy atom. The summed E-state index contributed by atoms with van der Waals surface area (Å²) in [6.07, 6.45) is 0. The fourth-order valence-corrected chi connectivity index (χ4v) is 4.07. The van der Waals surface area contributed by atoms with Gasteiger partial charge >= 0.3 is 0 Å². The van der Waals surface area contributed by atoms with Crippen LogP contribution in [0.4, 0.5) is 0 Å². The molecule has 0 aliphatic rings. The molecule has 1 aromatic heterocycles. The number of rotatable bonds is 3. The lowest BCUT2D eigenvalue weighted by atomic mass is 9.84. The second kappa shape index (κ2) is 6.45. The lowest BCUT2D eigenvalue weighted by molar-refractivity contribution is 0.589. The molecule has 0 spiro atoms. The van der Waals surface area contributed by atoms with Gasteiger partial charge in [-0.05, 0) is 59.7 Å². The van der Waals surface area contributed by atoms with Gasteiger partial charge in [0.15, 0.2) is 5.16 Å². The molecule has 0 amide bonds. The predicted octanol–water partition coefficient (Wildman–Crippen LogP) is 6.42. The summed E-state index contributed by atoms with van der Waals surface area (Å²) in [5, 5.41) is 1.66. The maximum Gasteiger partial charge on any atom is 0.166 e. The Morgan fingerprint density at radius 2 is 1.75 bits per heavy atom. The molecule has 1 heterocycles. The number of imidazole rings is 1. The number of hydrogen-bond donors (Lipinski definition) is 1. The maximum absolute atomic E-state index is 6.04. The summed E-state index contributed by atoms with van der Waals surface area (Å²) < 4.78 is 0. The zero-order chi connectivity index (χ0) is 17.5. The molecule has 0 saturated heterocycles. The van der Waals surface area contributed by atoms with Gasteiger partial charge in [-0.1, -0.05) is 56.3 Å². The highest BCUT2D eigenvalue weighted by atomic mass is 35.5. The third-order valence-electron chi connectivity index (χ3n) is 4.34. The first-order chi connectivity index (χ1) is 11.2. The molecular weight excluding hydrogens is 336 g/mol. The van der Waals surface area contributed by atoms with E-state index >= 15 is 0 Å². The molecule has 0 bridgehead atoms. The first-order valence-electron chi connectivity index (χ1n) is 8.13. The van der Waals surface area contributed by atoms with E-state index in [1.165, 1.54) is 22.3 Å². The normalized spacial score (nSPS) is 12.1. The number of aromatic amines is 1. The Bertz CT molecular complexity index is 867. The van der Waals surface area contributed by atoms with Crippen molar-refractivity contribution in [3.8, 4) is 0 Å². The summed E-state index contributed by atoms with van der Waals surface area (Å²) in [6.45, 7) is 11.2. The number of H-pyrrole nitrogens is 1. The smallest absolute Gasteiger partial charge is 0.166 e. The van der Waals surface area contributed by atoms with Gasteiger partial charge in [-0.2, -0.15) is 0 Å². The van der Waals surface area contributed by atoms with Gasteiger partial charge in [-0.15, -0.1) is 0 Å². The number of benzene rings is 2. The van der Waals surface area contributed by atoms with E-state index in [0.29, 0.717) is 0 Å². The van der Waals surface area contributed by atoms with Crippen LogP contribution in [-0.2, 0) is 11.2 Å². The highest BCUT2D eigenvalue weighted by molar-refractivity contribution is 7.98. The highest BCUT2D eigenvalue weighted by Gasteiger charge is 2.16. The van der Waals surface area contributed by atoms with Crippen molar-refractivity contribution in [2.75, 3.05) is 0 Å². The summed E-state index contributed by atoms with van der Waals surface area (Å²) in [4.78, 5) is 7.98. The van der Waals surface area contributed by atoms with E-state index in [9.17, 15) is 0 Å². The van der Waals surface area contributed by atoms with E-state index in [1.54, 1.807) is 11.8 Å². The van der Waals surface area contributed by atoms with Crippen molar-refractivity contribution in [2.24, 2.45) is 0 Å². The Balaban J connectivity index is 1.83. The number of fused-ring (bicyclic) bond motifs is 1. The molecule has 1 N–H and O–H groups in total. The predicted molar refractivity (Wildman–Crippen MR) is 105 cm³/mol. The fraction of sp³-hybridized carbons (Fsp3) is 0.350. The fourth-order valence-electron chi connectivity index (χ4n) is 2.82. The van der Waals surface area contributed by atoms with E-state index in [0.717, 1.165) is 27.0 Å². The summed E-state index contributed by atoms with van der Waals surface area (Å²) >= 11 is 7.78. The van der Waals surface area contributed by atoms with Crippen LogP contribution in [0.25, 0.3) is 11.0 Å². The number of halogens is 1. The Kier molecular flexibility index (Phi) is 4.67. The topological polar surface area (TPSA) is 28.7 Å². The number of hydrogen-bond acceptors (Lipinski definition) is 2. The molecular formula is C20H23ClN2S. The van der Waals surface area contributed by atoms with Gasteiger partial charge < -0.3 is 4.98 Å². The lowest BCUT2D eigenvalue weighted by Gasteiger charge is -2.22. The van der Waals surface area contributed by atoms with Gasteiger partial charge in [0.05, 0.1) is 11.0 Å². The largest absolute Gasteiger partial charge is 0.333 e. The maximum atomic E-state index is 6.04. The molecule has 0 fully saturated rings. The number of aryl methyl sites for hydroxylation is 2. The average Bonchev–Trinajstić information content (AvgIpc) is 2.87. The van der Waals surface area contributed by atoms with Crippen molar-refractivity contribution >= 4 is 34.4 Å². The molecule has 24 heavy (non-hydrogen) atoms. The summed E-state index contributed by atoms with van der Waals surface area (Å²) in [6, 6.07) is 10.4. The third-order valence-corrected chi connectivity index (χ3v) is 5.47. The van der Waals surface area contributed by atoms with Crippen LogP contribution in [0.1, 0.15) is 43.0 Å². The van der Waals surface area contributed by atoms with Crippen molar-refractivity contribution in [1.29, 1.82) is 0 Å². The molecule has 126 valence electrons. The molecule has 2 aromatic carbocycles. The molecule has 0 saturated carbocycles. The molecule has 4 heteroatoms. The van der Waals surface area contributed by atoms with Crippen molar-refractivity contribution in [3.63, 3.8) is 0 Å². The van der Waals surface area contributed by atoms with Crippen molar-refractivity contribution in [1.82, 2.24) is 9.97 Å². The number of aromatic nitrogens is 2. The minimum absolute atomic E-state index is 0.180. The Morgan fingerprint density at radius 1 is 1.08 bits per heavy atom. The van der Waals surface area contributed by atoms with Gasteiger partial charge in [0, 0.05) is 10.8 Å². The first kappa shape index (κ1) is 17.4. The lowest BCUT2D eigenvalue weighted by Crippen LogP contribution is -2.12. The van der Waals surface area contributed by atoms with E-state index < -0.39 is 0 Å². The standard InChI is InChI=1S/C20H23ClN2S/c1-12-8-14(20(3,4)5)9-13(2)16(12)11-24-19-22-17-7-6-15(21)10-18(17)23-19/h6-10H,11H2,1-5H3,(H,22,23). The van der Waals surface area contributed by atoms with Crippen LogP contribution < -0.4 is 0 Å². The van der Waals surface area contributed by atoms with Crippen LogP contribution in [0.2, 0.25) is 5.02 Å². The van der Waals surface area contributed by atoms with Gasteiger partial charge in [-0.25, -0.2) is 4.98 Å². The van der Waals surface area contributed by atoms with Crippen LogP contribution in [0.3, 0.4) is 0 Å². The van der Waals surface area contributed by atoms with Crippen LogP contribution in [0.15, 0.2) is 35.5 Å². The molecule has 3 rings (SSSR count).